The molecule has 1 aliphatic carbocycles. The Morgan fingerprint density at radius 1 is 1.07 bits per heavy atom. The lowest BCUT2D eigenvalue weighted by Crippen LogP contribution is -2.44. The lowest BCUT2D eigenvalue weighted by molar-refractivity contribution is -0.119. The Labute approximate surface area is 256 Å². The third-order valence-corrected chi connectivity index (χ3v) is 8.18. The van der Waals surface area contributed by atoms with Gasteiger partial charge in [0.05, 0.1) is 18.0 Å². The van der Waals surface area contributed by atoms with Gasteiger partial charge in [0.25, 0.3) is 0 Å². The number of hydrogen-bond acceptors (Lipinski definition) is 7. The number of amides is 1. The summed E-state index contributed by atoms with van der Waals surface area (Å²) in [6.07, 6.45) is 9.95. The first-order valence-electron chi connectivity index (χ1n) is 15.0. The normalized spacial score (nSPS) is 16.3. The smallest absolute Gasteiger partial charge is 0.227 e. The van der Waals surface area contributed by atoms with Crippen molar-refractivity contribution in [1.29, 1.82) is 5.26 Å². The number of aromatic nitrogens is 6. The van der Waals surface area contributed by atoms with Gasteiger partial charge in [0, 0.05) is 48.7 Å². The average Bonchev–Trinajstić information content (AvgIpc) is 3.70. The molecule has 0 unspecified atom stereocenters. The average molecular weight is 586 g/mol. The van der Waals surface area contributed by atoms with E-state index in [4.69, 9.17) is 0 Å². The van der Waals surface area contributed by atoms with E-state index in [1.54, 1.807) is 10.9 Å². The van der Waals surface area contributed by atoms with Crippen molar-refractivity contribution in [2.75, 3.05) is 10.2 Å². The number of nitriles is 1. The Hall–Kier alpha value is -5.30. The number of aryl methyl sites for hydroxylation is 3. The quantitative estimate of drug-likeness (QED) is 0.222. The second kappa shape index (κ2) is 12.9. The Bertz CT molecular complexity index is 1760. The maximum Gasteiger partial charge on any atom is 0.227 e. The van der Waals surface area contributed by atoms with Crippen LogP contribution in [0.25, 0.3) is 22.5 Å². The van der Waals surface area contributed by atoms with Gasteiger partial charge in [-0.2, -0.15) is 15.5 Å². The van der Waals surface area contributed by atoms with Crippen LogP contribution in [0.15, 0.2) is 79.3 Å². The molecule has 1 fully saturated rings. The topological polar surface area (TPSA) is 128 Å². The molecule has 3 aromatic heterocycles. The molecule has 5 aromatic rings. The standard InChI is InChI=1S/C34H35N9O/c1-23-18-31(41-40-23)33-26(19-35)20-36-34(39-33)38-28-11-15-30(16-12-28)43(32(44)17-8-24-6-4-3-5-7-24)29-13-9-25(10-14-29)27-21-37-42(2)22-27/h3-7,9-10,13-14,18,20-22,28,30H,8,11-12,15-17H2,1-2H3,(H,40,41)(H,36,38,39). The molecular weight excluding hydrogens is 550 g/mol. The van der Waals surface area contributed by atoms with Crippen LogP contribution in [0.3, 0.4) is 0 Å². The second-order valence-corrected chi connectivity index (χ2v) is 11.4. The fourth-order valence-electron chi connectivity index (χ4n) is 5.89. The summed E-state index contributed by atoms with van der Waals surface area (Å²) in [6, 6.07) is 22.7. The molecule has 0 spiro atoms. The third kappa shape index (κ3) is 6.52. The number of benzene rings is 2. The van der Waals surface area contributed by atoms with E-state index in [-0.39, 0.29) is 18.0 Å². The van der Waals surface area contributed by atoms with Gasteiger partial charge in [-0.05, 0) is 68.4 Å². The number of carbonyl (C=O) groups is 1. The zero-order chi connectivity index (χ0) is 30.5. The van der Waals surface area contributed by atoms with Gasteiger partial charge >= 0.3 is 0 Å². The Morgan fingerprint density at radius 2 is 1.84 bits per heavy atom. The van der Waals surface area contributed by atoms with Crippen molar-refractivity contribution in [2.24, 2.45) is 7.05 Å². The zero-order valence-electron chi connectivity index (χ0n) is 24.9. The molecule has 6 rings (SSSR count). The maximum atomic E-state index is 13.8. The first-order valence-corrected chi connectivity index (χ1v) is 15.0. The number of nitrogens with one attached hydrogen (secondary N) is 2. The summed E-state index contributed by atoms with van der Waals surface area (Å²) in [5.41, 5.74) is 6.59. The van der Waals surface area contributed by atoms with Crippen LogP contribution < -0.4 is 10.2 Å². The lowest BCUT2D eigenvalue weighted by atomic mass is 9.89. The number of aromatic amines is 1. The molecule has 3 heterocycles. The zero-order valence-corrected chi connectivity index (χ0v) is 24.9. The Balaban J connectivity index is 1.17. The van der Waals surface area contributed by atoms with E-state index >= 15 is 0 Å². The fraction of sp³-hybridized carbons (Fsp3) is 0.294. The molecule has 2 aromatic carbocycles. The van der Waals surface area contributed by atoms with Crippen molar-refractivity contribution in [3.63, 3.8) is 0 Å². The van der Waals surface area contributed by atoms with E-state index in [9.17, 15) is 10.1 Å². The molecule has 1 amide bonds. The SMILES string of the molecule is Cc1cc(-c2nc(NC3CCC(N(C(=O)CCc4ccccc4)c4ccc(-c5cnn(C)c5)cc4)CC3)ncc2C#N)n[nH]1. The van der Waals surface area contributed by atoms with Crippen molar-refractivity contribution in [1.82, 2.24) is 29.9 Å². The molecule has 0 aliphatic heterocycles. The van der Waals surface area contributed by atoms with Gasteiger partial charge in [-0.1, -0.05) is 42.5 Å². The van der Waals surface area contributed by atoms with E-state index in [2.05, 4.69) is 73.0 Å². The lowest BCUT2D eigenvalue weighted by Gasteiger charge is -2.37. The van der Waals surface area contributed by atoms with Crippen LogP contribution in [-0.4, -0.2) is 47.9 Å². The van der Waals surface area contributed by atoms with Gasteiger partial charge in [0.15, 0.2) is 0 Å². The van der Waals surface area contributed by atoms with E-state index in [1.807, 2.05) is 55.5 Å². The van der Waals surface area contributed by atoms with Crippen molar-refractivity contribution in [3.8, 4) is 28.6 Å². The van der Waals surface area contributed by atoms with Gasteiger partial charge in [-0.3, -0.25) is 14.6 Å². The van der Waals surface area contributed by atoms with Gasteiger partial charge in [0.2, 0.25) is 11.9 Å². The molecular formula is C34H35N9O. The number of rotatable bonds is 9. The largest absolute Gasteiger partial charge is 0.351 e. The van der Waals surface area contributed by atoms with Crippen molar-refractivity contribution in [2.45, 2.75) is 57.5 Å². The molecule has 0 atom stereocenters. The van der Waals surface area contributed by atoms with E-state index in [0.717, 1.165) is 53.8 Å². The number of H-pyrrole nitrogens is 1. The Morgan fingerprint density at radius 3 is 2.50 bits per heavy atom. The van der Waals surface area contributed by atoms with Gasteiger partial charge in [0.1, 0.15) is 17.5 Å². The number of anilines is 2. The fourth-order valence-corrected chi connectivity index (χ4v) is 5.89. The predicted molar refractivity (Wildman–Crippen MR) is 170 cm³/mol. The summed E-state index contributed by atoms with van der Waals surface area (Å²) < 4.78 is 1.79. The van der Waals surface area contributed by atoms with Crippen molar-refractivity contribution >= 4 is 17.5 Å². The van der Waals surface area contributed by atoms with Gasteiger partial charge < -0.3 is 10.2 Å². The second-order valence-electron chi connectivity index (χ2n) is 11.4. The highest BCUT2D eigenvalue weighted by Gasteiger charge is 2.30. The minimum atomic E-state index is 0.0880. The van der Waals surface area contributed by atoms with Crippen molar-refractivity contribution < 1.29 is 4.79 Å². The number of carbonyl (C=O) groups excluding carboxylic acids is 1. The summed E-state index contributed by atoms with van der Waals surface area (Å²) in [7, 11) is 1.91. The molecule has 222 valence electrons. The molecule has 0 saturated heterocycles. The summed E-state index contributed by atoms with van der Waals surface area (Å²) in [5.74, 6) is 0.610. The summed E-state index contributed by atoms with van der Waals surface area (Å²) in [6.45, 7) is 1.91. The summed E-state index contributed by atoms with van der Waals surface area (Å²) in [5, 5.41) is 24.5. The van der Waals surface area contributed by atoms with Crippen LogP contribution in [-0.2, 0) is 18.3 Å². The van der Waals surface area contributed by atoms with E-state index < -0.39 is 0 Å². The molecule has 1 aliphatic rings. The molecule has 0 bridgehead atoms. The van der Waals surface area contributed by atoms with Gasteiger partial charge in [-0.15, -0.1) is 0 Å². The van der Waals surface area contributed by atoms with Crippen LogP contribution >= 0.6 is 0 Å². The Kier molecular flexibility index (Phi) is 8.46. The molecule has 1 saturated carbocycles. The maximum absolute atomic E-state index is 13.8. The molecule has 10 heteroatoms. The number of hydrogen-bond donors (Lipinski definition) is 2. The summed E-state index contributed by atoms with van der Waals surface area (Å²) >= 11 is 0. The highest BCUT2D eigenvalue weighted by molar-refractivity contribution is 5.94. The first-order chi connectivity index (χ1) is 21.5. The highest BCUT2D eigenvalue weighted by Crippen LogP contribution is 2.32. The molecule has 0 radical (unpaired) electrons. The van der Waals surface area contributed by atoms with Crippen LogP contribution in [0, 0.1) is 18.3 Å². The van der Waals surface area contributed by atoms with Gasteiger partial charge in [-0.25, -0.2) is 9.97 Å². The first kappa shape index (κ1) is 28.8. The monoisotopic (exact) mass is 585 g/mol. The number of nitrogens with zero attached hydrogens (tertiary/aromatic N) is 7. The predicted octanol–water partition coefficient (Wildman–Crippen LogP) is 5.84. The highest BCUT2D eigenvalue weighted by atomic mass is 16.2. The minimum Gasteiger partial charge on any atom is -0.351 e. The van der Waals surface area contributed by atoms with Crippen molar-refractivity contribution in [3.05, 3.63) is 96.1 Å². The minimum absolute atomic E-state index is 0.0880. The van der Waals surface area contributed by atoms with E-state index in [1.165, 1.54) is 0 Å². The molecule has 2 N–H and O–H groups in total. The molecule has 10 nitrogen and oxygen atoms in total. The molecule has 44 heavy (non-hydrogen) atoms. The van der Waals surface area contributed by atoms with Crippen LogP contribution in [0.5, 0.6) is 0 Å². The van der Waals surface area contributed by atoms with Crippen LogP contribution in [0.2, 0.25) is 0 Å². The summed E-state index contributed by atoms with van der Waals surface area (Å²) in [4.78, 5) is 24.9. The van der Waals surface area contributed by atoms with Crippen LogP contribution in [0.4, 0.5) is 11.6 Å². The third-order valence-electron chi connectivity index (χ3n) is 8.18. The van der Waals surface area contributed by atoms with Crippen LogP contribution in [0.1, 0.15) is 48.9 Å². The van der Waals surface area contributed by atoms with E-state index in [0.29, 0.717) is 35.7 Å².